The summed E-state index contributed by atoms with van der Waals surface area (Å²) in [7, 11) is 0. The molecular formula is C13H26GdNO2-. The molecule has 3 N–H and O–H groups in total. The van der Waals surface area contributed by atoms with Gasteiger partial charge in [0.05, 0.1) is 0 Å². The molecular weight excluding hydrogens is 359 g/mol. The number of hydrogen-bond donors (Lipinski definition) is 3. The first kappa shape index (κ1) is 18.2. The van der Waals surface area contributed by atoms with Crippen molar-refractivity contribution in [3.63, 3.8) is 0 Å². The fourth-order valence-electron chi connectivity index (χ4n) is 2.62. The third kappa shape index (κ3) is 7.39. The molecule has 0 aliphatic heterocycles. The predicted molar refractivity (Wildman–Crippen MR) is 65.5 cm³/mol. The molecule has 0 radical (unpaired) electrons. The van der Waals surface area contributed by atoms with Gasteiger partial charge in [-0.05, 0) is 18.4 Å². The smallest absolute Gasteiger partial charge is 0.00706 e. The van der Waals surface area contributed by atoms with Crippen LogP contribution < -0.4 is 5.32 Å². The summed E-state index contributed by atoms with van der Waals surface area (Å²) >= 11 is 0. The first-order chi connectivity index (χ1) is 7.63. The van der Waals surface area contributed by atoms with Crippen molar-refractivity contribution in [2.75, 3.05) is 0 Å². The van der Waals surface area contributed by atoms with E-state index in [1.54, 1.807) is 0 Å². The molecule has 3 nitrogen and oxygen atoms in total. The minimum Gasteiger partial charge on any atom is -0.563 e. The molecule has 1 aliphatic carbocycles. The SMILES string of the molecule is CC(C)N[C@@H](CC1CCCCC1)[C@@H](O)[CH-]O.[Gd]. The fraction of sp³-hybridized carbons (Fsp3) is 0.923. The molecule has 17 heavy (non-hydrogen) atoms. The molecule has 0 bridgehead atoms. The second-order valence-corrected chi connectivity index (χ2v) is 5.31. The third-order valence-corrected chi connectivity index (χ3v) is 3.42. The Morgan fingerprint density at radius 2 is 1.82 bits per heavy atom. The van der Waals surface area contributed by atoms with Gasteiger partial charge in [-0.2, -0.15) is 6.61 Å². The largest absolute Gasteiger partial charge is 0.563 e. The average Bonchev–Trinajstić information content (AvgIpc) is 2.28. The summed E-state index contributed by atoms with van der Waals surface area (Å²) < 4.78 is 0. The standard InChI is InChI=1S/C13H26NO2.Gd/c1-10(2)14-12(13(16)9-15)8-11-6-4-3-5-7-11;/h9-16H,3-8H2,1-2H3;/q-1;/t12-,13-;/m0./s1. The van der Waals surface area contributed by atoms with E-state index < -0.39 is 6.10 Å². The van der Waals surface area contributed by atoms with Crippen molar-refractivity contribution in [1.82, 2.24) is 5.32 Å². The Morgan fingerprint density at radius 1 is 1.24 bits per heavy atom. The van der Waals surface area contributed by atoms with E-state index in [2.05, 4.69) is 19.2 Å². The van der Waals surface area contributed by atoms with Crippen LogP contribution in [-0.4, -0.2) is 28.4 Å². The molecule has 0 aromatic carbocycles. The Bertz CT molecular complexity index is 184. The summed E-state index contributed by atoms with van der Waals surface area (Å²) in [5.41, 5.74) is 0. The van der Waals surface area contributed by atoms with E-state index in [1.165, 1.54) is 32.1 Å². The van der Waals surface area contributed by atoms with E-state index in [0.29, 0.717) is 12.0 Å². The van der Waals surface area contributed by atoms with Gasteiger partial charge >= 0.3 is 0 Å². The van der Waals surface area contributed by atoms with Gasteiger partial charge in [0.1, 0.15) is 0 Å². The first-order valence-electron chi connectivity index (χ1n) is 6.55. The Balaban J connectivity index is 0.00000256. The van der Waals surface area contributed by atoms with E-state index in [9.17, 15) is 5.11 Å². The van der Waals surface area contributed by atoms with Crippen LogP contribution in [-0.2, 0) is 0 Å². The quantitative estimate of drug-likeness (QED) is 0.615. The Hall–Kier alpha value is 1.20. The van der Waals surface area contributed by atoms with Gasteiger partial charge in [0, 0.05) is 52.0 Å². The molecule has 4 heteroatoms. The summed E-state index contributed by atoms with van der Waals surface area (Å²) in [5, 5.41) is 22.0. The van der Waals surface area contributed by atoms with Crippen LogP contribution in [0.25, 0.3) is 0 Å². The van der Waals surface area contributed by atoms with Crippen LogP contribution in [0.4, 0.5) is 0 Å². The van der Waals surface area contributed by atoms with Crippen molar-refractivity contribution < 1.29 is 50.2 Å². The van der Waals surface area contributed by atoms with Gasteiger partial charge in [-0.25, -0.2) is 0 Å². The first-order valence-corrected chi connectivity index (χ1v) is 6.55. The van der Waals surface area contributed by atoms with Crippen molar-refractivity contribution in [3.05, 3.63) is 6.61 Å². The van der Waals surface area contributed by atoms with Crippen molar-refractivity contribution in [2.24, 2.45) is 5.92 Å². The van der Waals surface area contributed by atoms with E-state index in [1.807, 2.05) is 0 Å². The minimum atomic E-state index is -0.746. The van der Waals surface area contributed by atoms with E-state index in [0.717, 1.165) is 13.0 Å². The number of aliphatic hydroxyl groups excluding tert-OH is 2. The van der Waals surface area contributed by atoms with Crippen molar-refractivity contribution in [3.8, 4) is 0 Å². The molecule has 0 aromatic rings. The normalized spacial score (nSPS) is 21.0. The molecule has 0 saturated heterocycles. The molecule has 1 saturated carbocycles. The minimum absolute atomic E-state index is 0. The monoisotopic (exact) mass is 386 g/mol. The van der Waals surface area contributed by atoms with Crippen LogP contribution in [0.1, 0.15) is 52.4 Å². The van der Waals surface area contributed by atoms with Crippen LogP contribution in [0.15, 0.2) is 0 Å². The van der Waals surface area contributed by atoms with Crippen LogP contribution >= 0.6 is 0 Å². The zero-order valence-electron chi connectivity index (χ0n) is 10.9. The number of aliphatic hydroxyl groups is 2. The molecule has 0 spiro atoms. The molecule has 1 aliphatic rings. The Labute approximate surface area is 137 Å². The molecule has 1 rings (SSSR count). The van der Waals surface area contributed by atoms with Gasteiger partial charge in [0.15, 0.2) is 0 Å². The van der Waals surface area contributed by atoms with Crippen molar-refractivity contribution >= 4 is 0 Å². The van der Waals surface area contributed by atoms with Crippen molar-refractivity contribution in [2.45, 2.75) is 70.6 Å². The Kier molecular flexibility index (Phi) is 10.8. The molecule has 1 fully saturated rings. The van der Waals surface area contributed by atoms with Gasteiger partial charge in [0.2, 0.25) is 0 Å². The third-order valence-electron chi connectivity index (χ3n) is 3.42. The van der Waals surface area contributed by atoms with E-state index >= 15 is 0 Å². The predicted octanol–water partition coefficient (Wildman–Crippen LogP) is 2.22. The Morgan fingerprint density at radius 3 is 2.29 bits per heavy atom. The molecule has 0 heterocycles. The van der Waals surface area contributed by atoms with Crippen LogP contribution in [0.3, 0.4) is 0 Å². The maximum absolute atomic E-state index is 9.73. The van der Waals surface area contributed by atoms with Gasteiger partial charge in [-0.1, -0.05) is 46.0 Å². The molecule has 0 unspecified atom stereocenters. The molecule has 104 valence electrons. The number of nitrogens with one attached hydrogen (secondary N) is 1. The fourth-order valence-corrected chi connectivity index (χ4v) is 2.62. The number of rotatable bonds is 6. The van der Waals surface area contributed by atoms with Gasteiger partial charge in [-0.15, -0.1) is 0 Å². The van der Waals surface area contributed by atoms with Crippen LogP contribution in [0.2, 0.25) is 0 Å². The van der Waals surface area contributed by atoms with Gasteiger partial charge in [0.25, 0.3) is 0 Å². The van der Waals surface area contributed by atoms with E-state index in [4.69, 9.17) is 5.11 Å². The summed E-state index contributed by atoms with van der Waals surface area (Å²) in [4.78, 5) is 0. The van der Waals surface area contributed by atoms with Crippen molar-refractivity contribution in [1.29, 1.82) is 0 Å². The maximum Gasteiger partial charge on any atom is 0.00706 e. The van der Waals surface area contributed by atoms with Gasteiger partial charge < -0.3 is 15.5 Å². The van der Waals surface area contributed by atoms with E-state index in [-0.39, 0.29) is 46.0 Å². The van der Waals surface area contributed by atoms with Crippen LogP contribution in [0.5, 0.6) is 0 Å². The second-order valence-electron chi connectivity index (χ2n) is 5.31. The molecule has 0 amide bonds. The maximum atomic E-state index is 9.73. The summed E-state index contributed by atoms with van der Waals surface area (Å²) in [6, 6.07) is 0.330. The zero-order valence-corrected chi connectivity index (χ0v) is 13.1. The summed E-state index contributed by atoms with van der Waals surface area (Å²) in [6.07, 6.45) is 6.76. The average molecular weight is 386 g/mol. The summed E-state index contributed by atoms with van der Waals surface area (Å²) in [6.45, 7) is 5.04. The molecule has 2 atom stereocenters. The van der Waals surface area contributed by atoms with Crippen LogP contribution in [0, 0.1) is 52.5 Å². The number of hydrogen-bond acceptors (Lipinski definition) is 3. The topological polar surface area (TPSA) is 52.5 Å². The zero-order chi connectivity index (χ0) is 12.0. The second kappa shape index (κ2) is 10.0. The molecule has 0 aromatic heterocycles. The summed E-state index contributed by atoms with van der Waals surface area (Å²) in [5.74, 6) is 0.708. The van der Waals surface area contributed by atoms with Gasteiger partial charge in [-0.3, -0.25) is 0 Å².